The molecule has 0 fully saturated rings. The predicted octanol–water partition coefficient (Wildman–Crippen LogP) is 1.95. The van der Waals surface area contributed by atoms with Crippen molar-refractivity contribution in [2.75, 3.05) is 13.2 Å². The maximum absolute atomic E-state index is 13.0. The lowest BCUT2D eigenvalue weighted by Crippen LogP contribution is -2.22. The van der Waals surface area contributed by atoms with E-state index in [1.54, 1.807) is 0 Å². The minimum Gasteiger partial charge on any atom is -0.486 e. The Morgan fingerprint density at radius 3 is 2.35 bits per heavy atom. The summed E-state index contributed by atoms with van der Waals surface area (Å²) in [7, 11) is 0. The minimum absolute atomic E-state index is 0.0187. The molecule has 0 saturated carbocycles. The van der Waals surface area contributed by atoms with Crippen molar-refractivity contribution in [1.82, 2.24) is 0 Å². The van der Waals surface area contributed by atoms with Crippen molar-refractivity contribution in [3.05, 3.63) is 23.3 Å². The second-order valence-electron chi connectivity index (χ2n) is 4.29. The Bertz CT molecular complexity index is 530. The molecular formula is C12H12F3NO4. The molecule has 0 aliphatic carbocycles. The number of nitrogens with two attached hydrogens (primary N) is 1. The minimum atomic E-state index is -4.65. The van der Waals surface area contributed by atoms with Crippen molar-refractivity contribution in [2.24, 2.45) is 5.73 Å². The highest BCUT2D eigenvalue weighted by Gasteiger charge is 2.37. The summed E-state index contributed by atoms with van der Waals surface area (Å²) >= 11 is 0. The predicted molar refractivity (Wildman–Crippen MR) is 61.6 cm³/mol. The number of hydrogen-bond acceptors (Lipinski definition) is 4. The second-order valence-corrected chi connectivity index (χ2v) is 4.29. The van der Waals surface area contributed by atoms with Crippen LogP contribution in [-0.2, 0) is 11.0 Å². The zero-order valence-corrected chi connectivity index (χ0v) is 10.2. The Morgan fingerprint density at radius 2 is 1.85 bits per heavy atom. The van der Waals surface area contributed by atoms with Crippen LogP contribution in [0.2, 0.25) is 0 Å². The van der Waals surface area contributed by atoms with Gasteiger partial charge in [-0.1, -0.05) is 0 Å². The summed E-state index contributed by atoms with van der Waals surface area (Å²) in [4.78, 5) is 10.6. The average Bonchev–Trinajstić information content (AvgIpc) is 2.35. The maximum atomic E-state index is 13.0. The molecule has 0 amide bonds. The van der Waals surface area contributed by atoms with Crippen LogP contribution < -0.4 is 15.2 Å². The number of aliphatic carboxylic acids is 1. The van der Waals surface area contributed by atoms with Crippen molar-refractivity contribution in [3.63, 3.8) is 0 Å². The molecule has 1 aliphatic rings. The van der Waals surface area contributed by atoms with Crippen LogP contribution in [0.3, 0.4) is 0 Å². The smallest absolute Gasteiger partial charge is 0.416 e. The van der Waals surface area contributed by atoms with E-state index in [0.29, 0.717) is 0 Å². The Hall–Kier alpha value is -1.96. The zero-order chi connectivity index (χ0) is 14.9. The molecule has 1 unspecified atom stereocenters. The van der Waals surface area contributed by atoms with E-state index in [0.717, 1.165) is 12.1 Å². The van der Waals surface area contributed by atoms with Gasteiger partial charge in [-0.15, -0.1) is 0 Å². The topological polar surface area (TPSA) is 81.8 Å². The summed E-state index contributed by atoms with van der Waals surface area (Å²) in [5, 5.41) is 8.66. The quantitative estimate of drug-likeness (QED) is 0.889. The van der Waals surface area contributed by atoms with E-state index in [9.17, 15) is 18.0 Å². The molecule has 0 radical (unpaired) electrons. The highest BCUT2D eigenvalue weighted by atomic mass is 19.4. The van der Waals surface area contributed by atoms with Gasteiger partial charge in [-0.05, 0) is 17.7 Å². The first-order chi connectivity index (χ1) is 9.29. The third-order valence-corrected chi connectivity index (χ3v) is 2.81. The normalized spacial score (nSPS) is 15.8. The van der Waals surface area contributed by atoms with E-state index in [1.165, 1.54) is 0 Å². The van der Waals surface area contributed by atoms with Crippen molar-refractivity contribution in [1.29, 1.82) is 0 Å². The number of carboxylic acid groups (broad SMARTS) is 1. The Kier molecular flexibility index (Phi) is 3.76. The van der Waals surface area contributed by atoms with Crippen LogP contribution in [-0.4, -0.2) is 24.3 Å². The van der Waals surface area contributed by atoms with E-state index in [4.69, 9.17) is 20.3 Å². The lowest BCUT2D eigenvalue weighted by atomic mass is 9.97. The molecule has 1 aliphatic heterocycles. The fraction of sp³-hybridized carbons (Fsp3) is 0.417. The number of carboxylic acids is 1. The molecule has 1 aromatic rings. The molecule has 0 bridgehead atoms. The Morgan fingerprint density at radius 1 is 1.30 bits per heavy atom. The summed E-state index contributed by atoms with van der Waals surface area (Å²) < 4.78 is 49.3. The zero-order valence-electron chi connectivity index (χ0n) is 10.2. The standard InChI is InChI=1S/C12H12F3NO4/c13-12(14,15)7-4-10-9(19-1-2-20-10)3-6(7)8(16)5-11(17)18/h3-4,8H,1-2,5,16H2,(H,17,18). The van der Waals surface area contributed by atoms with Gasteiger partial charge in [0.2, 0.25) is 0 Å². The SMILES string of the molecule is NC(CC(=O)O)c1cc2c(cc1C(F)(F)F)OCCO2. The number of hydrogen-bond donors (Lipinski definition) is 2. The lowest BCUT2D eigenvalue weighted by Gasteiger charge is -2.23. The van der Waals surface area contributed by atoms with Crippen LogP contribution >= 0.6 is 0 Å². The molecule has 0 saturated heterocycles. The lowest BCUT2D eigenvalue weighted by molar-refractivity contribution is -0.140. The molecule has 5 nitrogen and oxygen atoms in total. The van der Waals surface area contributed by atoms with E-state index in [2.05, 4.69) is 0 Å². The monoisotopic (exact) mass is 291 g/mol. The molecule has 8 heteroatoms. The van der Waals surface area contributed by atoms with Gasteiger partial charge >= 0.3 is 12.1 Å². The molecule has 1 atom stereocenters. The van der Waals surface area contributed by atoms with E-state index in [1.807, 2.05) is 0 Å². The van der Waals surface area contributed by atoms with Crippen molar-refractivity contribution >= 4 is 5.97 Å². The molecule has 20 heavy (non-hydrogen) atoms. The van der Waals surface area contributed by atoms with Crippen molar-refractivity contribution in [2.45, 2.75) is 18.6 Å². The van der Waals surface area contributed by atoms with E-state index < -0.39 is 30.2 Å². The molecule has 3 N–H and O–H groups in total. The van der Waals surface area contributed by atoms with Crippen LogP contribution in [0, 0.1) is 0 Å². The van der Waals surface area contributed by atoms with E-state index >= 15 is 0 Å². The average molecular weight is 291 g/mol. The molecule has 2 rings (SSSR count). The first kappa shape index (κ1) is 14.4. The van der Waals surface area contributed by atoms with Crippen LogP contribution in [0.15, 0.2) is 12.1 Å². The highest BCUT2D eigenvalue weighted by Crippen LogP contribution is 2.42. The summed E-state index contributed by atoms with van der Waals surface area (Å²) in [6.45, 7) is 0.372. The van der Waals surface area contributed by atoms with E-state index in [-0.39, 0.29) is 30.3 Å². The Balaban J connectivity index is 2.49. The third kappa shape index (κ3) is 2.96. The molecular weight excluding hydrogens is 279 g/mol. The molecule has 0 aromatic heterocycles. The number of ether oxygens (including phenoxy) is 2. The highest BCUT2D eigenvalue weighted by molar-refractivity contribution is 5.68. The van der Waals surface area contributed by atoms with Gasteiger partial charge in [-0.3, -0.25) is 4.79 Å². The van der Waals surface area contributed by atoms with Gasteiger partial charge in [0.25, 0.3) is 0 Å². The maximum Gasteiger partial charge on any atom is 0.416 e. The van der Waals surface area contributed by atoms with Crippen molar-refractivity contribution in [3.8, 4) is 11.5 Å². The number of alkyl halides is 3. The van der Waals surface area contributed by atoms with Crippen molar-refractivity contribution < 1.29 is 32.5 Å². The largest absolute Gasteiger partial charge is 0.486 e. The van der Waals surface area contributed by atoms with Crippen LogP contribution in [0.4, 0.5) is 13.2 Å². The van der Waals surface area contributed by atoms with Gasteiger partial charge in [0, 0.05) is 6.04 Å². The number of rotatable bonds is 3. The molecule has 110 valence electrons. The fourth-order valence-electron chi connectivity index (χ4n) is 1.95. The second kappa shape index (κ2) is 5.20. The number of halogens is 3. The summed E-state index contributed by atoms with van der Waals surface area (Å²) in [6, 6.07) is 0.621. The summed E-state index contributed by atoms with van der Waals surface area (Å²) in [5.74, 6) is -1.16. The first-order valence-electron chi connectivity index (χ1n) is 5.77. The summed E-state index contributed by atoms with van der Waals surface area (Å²) in [5.41, 5.74) is 4.23. The molecule has 1 heterocycles. The first-order valence-corrected chi connectivity index (χ1v) is 5.77. The molecule has 0 spiro atoms. The summed E-state index contributed by atoms with van der Waals surface area (Å²) in [6.07, 6.45) is -5.26. The Labute approximate surface area is 112 Å². The van der Waals surface area contributed by atoms with Crippen LogP contribution in [0.1, 0.15) is 23.6 Å². The fourth-order valence-corrected chi connectivity index (χ4v) is 1.95. The van der Waals surface area contributed by atoms with Crippen LogP contribution in [0.25, 0.3) is 0 Å². The van der Waals surface area contributed by atoms with Gasteiger partial charge in [-0.2, -0.15) is 13.2 Å². The van der Waals surface area contributed by atoms with Gasteiger partial charge in [-0.25, -0.2) is 0 Å². The van der Waals surface area contributed by atoms with Gasteiger partial charge in [0.1, 0.15) is 13.2 Å². The van der Waals surface area contributed by atoms with Crippen LogP contribution in [0.5, 0.6) is 11.5 Å². The number of fused-ring (bicyclic) bond motifs is 1. The number of carbonyl (C=O) groups is 1. The number of benzene rings is 1. The third-order valence-electron chi connectivity index (χ3n) is 2.81. The van der Waals surface area contributed by atoms with Gasteiger partial charge < -0.3 is 20.3 Å². The molecule has 1 aromatic carbocycles. The van der Waals surface area contributed by atoms with Gasteiger partial charge in [0.15, 0.2) is 11.5 Å². The van der Waals surface area contributed by atoms with Gasteiger partial charge in [0.05, 0.1) is 12.0 Å².